The van der Waals surface area contributed by atoms with Crippen LogP contribution in [0.1, 0.15) is 49.2 Å². The molecule has 114 valence electrons. The third-order valence-corrected chi connectivity index (χ3v) is 3.83. The maximum atomic E-state index is 14.1. The normalized spacial score (nSPS) is 14.2. The molecule has 1 heterocycles. The quantitative estimate of drug-likeness (QED) is 0.913. The Morgan fingerprint density at radius 1 is 1.29 bits per heavy atom. The summed E-state index contributed by atoms with van der Waals surface area (Å²) < 4.78 is 29.7. The van der Waals surface area contributed by atoms with Crippen LogP contribution in [-0.4, -0.2) is 9.78 Å². The minimum Gasteiger partial charge on any atom is -0.323 e. The first-order valence-electron chi connectivity index (χ1n) is 7.18. The van der Waals surface area contributed by atoms with Gasteiger partial charge in [0.15, 0.2) is 0 Å². The number of hydrogen-bond donors (Lipinski definition) is 1. The number of benzene rings is 1. The Morgan fingerprint density at radius 2 is 2.00 bits per heavy atom. The zero-order valence-corrected chi connectivity index (χ0v) is 12.6. The number of nitrogens with zero attached hydrogens (tertiary/aromatic N) is 2. The minimum atomic E-state index is -0.745. The summed E-state index contributed by atoms with van der Waals surface area (Å²) in [6.07, 6.45) is 3.15. The molecule has 2 N–H and O–H groups in total. The maximum absolute atomic E-state index is 14.1. The average Bonchev–Trinajstić information content (AvgIpc) is 2.91. The van der Waals surface area contributed by atoms with Crippen LogP contribution in [0.25, 0.3) is 0 Å². The highest BCUT2D eigenvalue weighted by Gasteiger charge is 2.19. The van der Waals surface area contributed by atoms with E-state index in [4.69, 9.17) is 5.73 Å². The van der Waals surface area contributed by atoms with Crippen LogP contribution < -0.4 is 5.73 Å². The molecular formula is C16H21F2N3. The molecule has 3 nitrogen and oxygen atoms in total. The van der Waals surface area contributed by atoms with Crippen molar-refractivity contribution in [1.29, 1.82) is 0 Å². The molecule has 0 aliphatic heterocycles. The van der Waals surface area contributed by atoms with Crippen molar-refractivity contribution in [2.24, 2.45) is 5.73 Å². The zero-order valence-electron chi connectivity index (χ0n) is 12.6. The van der Waals surface area contributed by atoms with Crippen molar-refractivity contribution >= 4 is 0 Å². The number of hydrogen-bond acceptors (Lipinski definition) is 2. The number of nitrogens with two attached hydrogens (primary N) is 1. The summed E-state index contributed by atoms with van der Waals surface area (Å²) in [6, 6.07) is 4.06. The van der Waals surface area contributed by atoms with Crippen molar-refractivity contribution < 1.29 is 8.78 Å². The molecule has 2 aromatic rings. The molecule has 0 bridgehead atoms. The summed E-state index contributed by atoms with van der Waals surface area (Å²) in [4.78, 5) is 0. The van der Waals surface area contributed by atoms with Gasteiger partial charge in [-0.15, -0.1) is 0 Å². The van der Waals surface area contributed by atoms with E-state index < -0.39 is 17.7 Å². The fourth-order valence-electron chi connectivity index (χ4n) is 2.26. The molecule has 21 heavy (non-hydrogen) atoms. The van der Waals surface area contributed by atoms with Gasteiger partial charge in [0.1, 0.15) is 11.6 Å². The van der Waals surface area contributed by atoms with Crippen molar-refractivity contribution in [2.75, 3.05) is 0 Å². The Labute approximate surface area is 123 Å². The first-order chi connectivity index (χ1) is 9.93. The number of halogens is 2. The van der Waals surface area contributed by atoms with E-state index in [1.54, 1.807) is 6.92 Å². The zero-order chi connectivity index (χ0) is 15.6. The topological polar surface area (TPSA) is 43.8 Å². The third kappa shape index (κ3) is 3.29. The summed E-state index contributed by atoms with van der Waals surface area (Å²) in [5.41, 5.74) is 7.06. The Balaban J connectivity index is 2.20. The average molecular weight is 293 g/mol. The van der Waals surface area contributed by atoms with Gasteiger partial charge in [0.2, 0.25) is 0 Å². The number of rotatable bonds is 5. The monoisotopic (exact) mass is 293 g/mol. The van der Waals surface area contributed by atoms with Crippen LogP contribution in [0.15, 0.2) is 24.4 Å². The van der Waals surface area contributed by atoms with E-state index in [-0.39, 0.29) is 5.56 Å². The van der Waals surface area contributed by atoms with Crippen molar-refractivity contribution in [1.82, 2.24) is 9.78 Å². The van der Waals surface area contributed by atoms with Gasteiger partial charge < -0.3 is 5.73 Å². The molecule has 0 aliphatic carbocycles. The van der Waals surface area contributed by atoms with E-state index in [1.165, 1.54) is 12.1 Å². The largest absolute Gasteiger partial charge is 0.323 e. The fraction of sp³-hybridized carbons (Fsp3) is 0.438. The Morgan fingerprint density at radius 3 is 2.67 bits per heavy atom. The van der Waals surface area contributed by atoms with E-state index >= 15 is 0 Å². The molecule has 0 saturated carbocycles. The lowest BCUT2D eigenvalue weighted by Crippen LogP contribution is -2.18. The lowest BCUT2D eigenvalue weighted by atomic mass is 9.99. The molecule has 5 heteroatoms. The van der Waals surface area contributed by atoms with Gasteiger partial charge >= 0.3 is 0 Å². The highest BCUT2D eigenvalue weighted by Crippen LogP contribution is 2.24. The van der Waals surface area contributed by atoms with Gasteiger partial charge in [0.05, 0.1) is 5.69 Å². The molecule has 0 saturated heterocycles. The van der Waals surface area contributed by atoms with Crippen molar-refractivity contribution in [2.45, 2.75) is 45.7 Å². The summed E-state index contributed by atoms with van der Waals surface area (Å²) in [5.74, 6) is -1.17. The van der Waals surface area contributed by atoms with E-state index in [2.05, 4.69) is 18.9 Å². The molecule has 0 amide bonds. The predicted molar refractivity (Wildman–Crippen MR) is 79.0 cm³/mol. The van der Waals surface area contributed by atoms with Crippen LogP contribution in [0.5, 0.6) is 0 Å². The van der Waals surface area contributed by atoms with E-state index in [0.29, 0.717) is 18.0 Å². The Kier molecular flexibility index (Phi) is 4.73. The lowest BCUT2D eigenvalue weighted by molar-refractivity contribution is 0.469. The second-order valence-corrected chi connectivity index (χ2v) is 5.45. The van der Waals surface area contributed by atoms with Gasteiger partial charge in [0, 0.05) is 30.3 Å². The van der Waals surface area contributed by atoms with Crippen LogP contribution >= 0.6 is 0 Å². The molecule has 2 atom stereocenters. The lowest BCUT2D eigenvalue weighted by Gasteiger charge is -2.14. The highest BCUT2D eigenvalue weighted by atomic mass is 19.1. The minimum absolute atomic E-state index is 0.0620. The molecule has 2 rings (SSSR count). The van der Waals surface area contributed by atoms with E-state index in [0.717, 1.165) is 12.1 Å². The first kappa shape index (κ1) is 15.6. The van der Waals surface area contributed by atoms with Crippen molar-refractivity contribution in [3.8, 4) is 0 Å². The standard InChI is InChI=1S/C16H21F2N3/c1-4-11(3)21-8-7-12(20-21)9-14(19)15-13(17)6-5-10(2)16(15)18/h5-8,11,14H,4,9,19H2,1-3H3. The van der Waals surface area contributed by atoms with Gasteiger partial charge in [-0.1, -0.05) is 13.0 Å². The van der Waals surface area contributed by atoms with Gasteiger partial charge in [-0.3, -0.25) is 4.68 Å². The SMILES string of the molecule is CCC(C)n1ccc(CC(N)c2c(F)ccc(C)c2F)n1. The molecule has 1 aromatic carbocycles. The second-order valence-electron chi connectivity index (χ2n) is 5.45. The fourth-order valence-corrected chi connectivity index (χ4v) is 2.26. The summed E-state index contributed by atoms with van der Waals surface area (Å²) in [6.45, 7) is 5.74. The van der Waals surface area contributed by atoms with E-state index in [1.807, 2.05) is 16.9 Å². The van der Waals surface area contributed by atoms with Gasteiger partial charge in [0.25, 0.3) is 0 Å². The van der Waals surface area contributed by atoms with Crippen LogP contribution in [0.3, 0.4) is 0 Å². The van der Waals surface area contributed by atoms with Crippen LogP contribution in [0, 0.1) is 18.6 Å². The second kappa shape index (κ2) is 6.35. The molecule has 1 aromatic heterocycles. The maximum Gasteiger partial charge on any atom is 0.133 e. The highest BCUT2D eigenvalue weighted by molar-refractivity contribution is 5.29. The van der Waals surface area contributed by atoms with Gasteiger partial charge in [-0.25, -0.2) is 8.78 Å². The molecule has 2 unspecified atom stereocenters. The smallest absolute Gasteiger partial charge is 0.133 e. The summed E-state index contributed by atoms with van der Waals surface area (Å²) in [5, 5.41) is 4.42. The van der Waals surface area contributed by atoms with Crippen LogP contribution in [0.2, 0.25) is 0 Å². The van der Waals surface area contributed by atoms with Crippen molar-refractivity contribution in [3.63, 3.8) is 0 Å². The summed E-state index contributed by atoms with van der Waals surface area (Å²) >= 11 is 0. The predicted octanol–water partition coefficient (Wildman–Crippen LogP) is 3.68. The van der Waals surface area contributed by atoms with E-state index in [9.17, 15) is 8.78 Å². The number of aromatic nitrogens is 2. The molecule has 0 radical (unpaired) electrons. The first-order valence-corrected chi connectivity index (χ1v) is 7.18. The van der Waals surface area contributed by atoms with Crippen LogP contribution in [0.4, 0.5) is 8.78 Å². The van der Waals surface area contributed by atoms with Gasteiger partial charge in [-0.05, 0) is 38.0 Å². The van der Waals surface area contributed by atoms with Gasteiger partial charge in [-0.2, -0.15) is 5.10 Å². The van der Waals surface area contributed by atoms with Crippen molar-refractivity contribution in [3.05, 3.63) is 52.9 Å². The Bertz CT molecular complexity index is 622. The molecular weight excluding hydrogens is 272 g/mol. The third-order valence-electron chi connectivity index (χ3n) is 3.83. The van der Waals surface area contributed by atoms with Crippen LogP contribution in [-0.2, 0) is 6.42 Å². The molecule has 0 fully saturated rings. The molecule has 0 spiro atoms. The number of aryl methyl sites for hydroxylation is 1. The Hall–Kier alpha value is -1.75. The summed E-state index contributed by atoms with van der Waals surface area (Å²) in [7, 11) is 0. The molecule has 0 aliphatic rings.